The summed E-state index contributed by atoms with van der Waals surface area (Å²) in [4.78, 5) is 0. The van der Waals surface area contributed by atoms with Crippen LogP contribution < -0.4 is 0 Å². The van der Waals surface area contributed by atoms with Gasteiger partial charge < -0.3 is 8.83 Å². The standard InChI is InChI=1S/C38H21NO2/c39-21-22-15-17-27-32(19-22)24-7-1-2-9-26(24)36(27)23-16-18-35-33(20-23)31-13-6-12-30(38(31)41-35)29-11-5-10-28-25-8-3-4-14-34(25)40-37(28)29/h1-20,36H. The Morgan fingerprint density at radius 2 is 1.12 bits per heavy atom. The van der Waals surface area contributed by atoms with Gasteiger partial charge in [-0.1, -0.05) is 91.0 Å². The van der Waals surface area contributed by atoms with Crippen LogP contribution in [0.15, 0.2) is 130 Å². The van der Waals surface area contributed by atoms with Crippen LogP contribution in [-0.2, 0) is 0 Å². The molecule has 0 aliphatic heterocycles. The van der Waals surface area contributed by atoms with Gasteiger partial charge in [-0.15, -0.1) is 0 Å². The molecule has 1 unspecified atom stereocenters. The second kappa shape index (κ2) is 8.21. The summed E-state index contributed by atoms with van der Waals surface area (Å²) in [5, 5.41) is 13.9. The summed E-state index contributed by atoms with van der Waals surface area (Å²) in [6.07, 6.45) is 0. The lowest BCUT2D eigenvalue weighted by Gasteiger charge is -2.14. The molecule has 3 nitrogen and oxygen atoms in total. The van der Waals surface area contributed by atoms with Crippen molar-refractivity contribution in [1.82, 2.24) is 0 Å². The maximum absolute atomic E-state index is 9.53. The Kier molecular flexibility index (Phi) is 4.45. The molecule has 0 saturated carbocycles. The lowest BCUT2D eigenvalue weighted by atomic mass is 9.88. The van der Waals surface area contributed by atoms with Crippen LogP contribution in [0.2, 0.25) is 0 Å². The topological polar surface area (TPSA) is 50.1 Å². The predicted octanol–water partition coefficient (Wildman–Crippen LogP) is 10.2. The molecule has 6 aromatic carbocycles. The molecule has 0 bridgehead atoms. The molecule has 1 atom stereocenters. The van der Waals surface area contributed by atoms with E-state index in [1.807, 2.05) is 30.3 Å². The van der Waals surface area contributed by atoms with E-state index in [0.29, 0.717) is 5.56 Å². The maximum atomic E-state index is 9.53. The van der Waals surface area contributed by atoms with Crippen LogP contribution in [0.1, 0.15) is 28.2 Å². The zero-order chi connectivity index (χ0) is 27.1. The highest BCUT2D eigenvalue weighted by molar-refractivity contribution is 6.15. The van der Waals surface area contributed by atoms with Crippen LogP contribution >= 0.6 is 0 Å². The van der Waals surface area contributed by atoms with Crippen molar-refractivity contribution in [3.8, 4) is 28.3 Å². The van der Waals surface area contributed by atoms with Crippen LogP contribution in [0.4, 0.5) is 0 Å². The van der Waals surface area contributed by atoms with Crippen LogP contribution in [0, 0.1) is 11.3 Å². The summed E-state index contributed by atoms with van der Waals surface area (Å²) in [5.74, 6) is 0.0933. The molecule has 0 saturated heterocycles. The SMILES string of the molecule is N#Cc1ccc2c(c1)-c1ccccc1C2c1ccc2oc3c(-c4cccc5c4oc4ccccc45)cccc3c2c1. The van der Waals surface area contributed by atoms with E-state index in [2.05, 4.69) is 97.1 Å². The molecule has 1 aliphatic carbocycles. The lowest BCUT2D eigenvalue weighted by molar-refractivity contribution is 0.665. The minimum Gasteiger partial charge on any atom is -0.455 e. The van der Waals surface area contributed by atoms with E-state index in [-0.39, 0.29) is 5.92 Å². The van der Waals surface area contributed by atoms with Crippen molar-refractivity contribution in [1.29, 1.82) is 5.26 Å². The minimum absolute atomic E-state index is 0.0933. The normalized spacial score (nSPS) is 14.1. The monoisotopic (exact) mass is 523 g/mol. The van der Waals surface area contributed by atoms with Gasteiger partial charge in [0.25, 0.3) is 0 Å². The molecule has 9 rings (SSSR count). The third-order valence-electron chi connectivity index (χ3n) is 8.60. The molecular weight excluding hydrogens is 502 g/mol. The van der Waals surface area contributed by atoms with Gasteiger partial charge in [-0.2, -0.15) is 5.26 Å². The van der Waals surface area contributed by atoms with Gasteiger partial charge in [-0.25, -0.2) is 0 Å². The van der Waals surface area contributed by atoms with Crippen LogP contribution in [0.5, 0.6) is 0 Å². The fraction of sp³-hybridized carbons (Fsp3) is 0.0263. The second-order valence-electron chi connectivity index (χ2n) is 10.8. The molecular formula is C38H21NO2. The van der Waals surface area contributed by atoms with Gasteiger partial charge in [0.1, 0.15) is 22.3 Å². The first kappa shape index (κ1) is 22.2. The van der Waals surface area contributed by atoms with Crippen LogP contribution in [0.25, 0.3) is 66.1 Å². The number of furan rings is 2. The summed E-state index contributed by atoms with van der Waals surface area (Å²) >= 11 is 0. The lowest BCUT2D eigenvalue weighted by Crippen LogP contribution is -1.99. The molecule has 2 heterocycles. The molecule has 8 aromatic rings. The molecule has 0 spiro atoms. The highest BCUT2D eigenvalue weighted by Gasteiger charge is 2.30. The first-order valence-corrected chi connectivity index (χ1v) is 13.8. The van der Waals surface area contributed by atoms with Gasteiger partial charge in [0.05, 0.1) is 11.6 Å². The predicted molar refractivity (Wildman–Crippen MR) is 164 cm³/mol. The van der Waals surface area contributed by atoms with Gasteiger partial charge >= 0.3 is 0 Å². The minimum atomic E-state index is 0.0933. The molecule has 0 N–H and O–H groups in total. The van der Waals surface area contributed by atoms with E-state index in [9.17, 15) is 5.26 Å². The summed E-state index contributed by atoms with van der Waals surface area (Å²) in [7, 11) is 0. The first-order valence-electron chi connectivity index (χ1n) is 13.8. The van der Waals surface area contributed by atoms with Crippen molar-refractivity contribution in [3.05, 3.63) is 144 Å². The summed E-state index contributed by atoms with van der Waals surface area (Å²) < 4.78 is 12.9. The fourth-order valence-corrected chi connectivity index (χ4v) is 6.80. The highest BCUT2D eigenvalue weighted by atomic mass is 16.3. The number of hydrogen-bond acceptors (Lipinski definition) is 3. The number of fused-ring (bicyclic) bond motifs is 9. The zero-order valence-electron chi connectivity index (χ0n) is 21.9. The van der Waals surface area contributed by atoms with E-state index in [1.165, 1.54) is 22.3 Å². The molecule has 0 fully saturated rings. The quantitative estimate of drug-likeness (QED) is 0.226. The zero-order valence-corrected chi connectivity index (χ0v) is 21.9. The Labute approximate surface area is 235 Å². The first-order chi connectivity index (χ1) is 20.3. The van der Waals surface area contributed by atoms with Gasteiger partial charge in [-0.3, -0.25) is 0 Å². The van der Waals surface area contributed by atoms with Gasteiger partial charge in [-0.05, 0) is 58.1 Å². The molecule has 2 aromatic heterocycles. The van der Waals surface area contributed by atoms with Crippen molar-refractivity contribution in [3.63, 3.8) is 0 Å². The van der Waals surface area contributed by atoms with Crippen molar-refractivity contribution < 1.29 is 8.83 Å². The Morgan fingerprint density at radius 1 is 0.488 bits per heavy atom. The third-order valence-corrected chi connectivity index (χ3v) is 8.60. The van der Waals surface area contributed by atoms with Gasteiger partial charge in [0.2, 0.25) is 0 Å². The van der Waals surface area contributed by atoms with E-state index >= 15 is 0 Å². The average molecular weight is 524 g/mol. The summed E-state index contributed by atoms with van der Waals surface area (Å²) in [5.41, 5.74) is 12.2. The van der Waals surface area contributed by atoms with E-state index in [1.54, 1.807) is 0 Å². The van der Waals surface area contributed by atoms with Crippen LogP contribution in [0.3, 0.4) is 0 Å². The van der Waals surface area contributed by atoms with Crippen molar-refractivity contribution in [2.75, 3.05) is 0 Å². The molecule has 1 aliphatic rings. The number of nitrogens with zero attached hydrogens (tertiary/aromatic N) is 1. The molecule has 3 heteroatoms. The second-order valence-corrected chi connectivity index (χ2v) is 10.8. The molecule has 41 heavy (non-hydrogen) atoms. The van der Waals surface area contributed by atoms with Crippen molar-refractivity contribution in [2.24, 2.45) is 0 Å². The van der Waals surface area contributed by atoms with Crippen molar-refractivity contribution >= 4 is 43.9 Å². The smallest absolute Gasteiger partial charge is 0.143 e. The Bertz CT molecular complexity index is 2400. The van der Waals surface area contributed by atoms with Gasteiger partial charge in [0.15, 0.2) is 0 Å². The van der Waals surface area contributed by atoms with Crippen molar-refractivity contribution in [2.45, 2.75) is 5.92 Å². The number of rotatable bonds is 2. The Hall–Kier alpha value is -5.59. The molecule has 0 radical (unpaired) electrons. The highest BCUT2D eigenvalue weighted by Crippen LogP contribution is 2.49. The molecule has 190 valence electrons. The van der Waals surface area contributed by atoms with E-state index in [4.69, 9.17) is 8.83 Å². The third kappa shape index (κ3) is 3.08. The fourth-order valence-electron chi connectivity index (χ4n) is 6.80. The number of para-hydroxylation sites is 3. The summed E-state index contributed by atoms with van der Waals surface area (Å²) in [6.45, 7) is 0. The number of benzene rings is 6. The molecule has 0 amide bonds. The van der Waals surface area contributed by atoms with E-state index in [0.717, 1.165) is 60.6 Å². The number of nitriles is 1. The average Bonchev–Trinajstić information content (AvgIpc) is 3.70. The largest absolute Gasteiger partial charge is 0.455 e. The maximum Gasteiger partial charge on any atom is 0.143 e. The Balaban J connectivity index is 1.25. The van der Waals surface area contributed by atoms with E-state index < -0.39 is 0 Å². The number of hydrogen-bond donors (Lipinski definition) is 0. The Morgan fingerprint density at radius 3 is 1.93 bits per heavy atom. The summed E-state index contributed by atoms with van der Waals surface area (Å²) in [6, 6.07) is 44.3. The van der Waals surface area contributed by atoms with Gasteiger partial charge in [0, 0.05) is 38.6 Å². The van der Waals surface area contributed by atoms with Crippen LogP contribution in [-0.4, -0.2) is 0 Å².